The Kier molecular flexibility index (Phi) is 5.62. The molecule has 6 heteroatoms. The van der Waals surface area contributed by atoms with Crippen molar-refractivity contribution in [2.24, 2.45) is 5.92 Å². The van der Waals surface area contributed by atoms with Crippen LogP contribution in [0.4, 0.5) is 5.69 Å². The van der Waals surface area contributed by atoms with Crippen molar-refractivity contribution in [2.45, 2.75) is 31.6 Å². The van der Waals surface area contributed by atoms with E-state index in [0.29, 0.717) is 24.3 Å². The lowest BCUT2D eigenvalue weighted by Crippen LogP contribution is -2.43. The summed E-state index contributed by atoms with van der Waals surface area (Å²) in [6.45, 7) is 4.33. The number of benzene rings is 3. The maximum atomic E-state index is 13.3. The number of nitrogens with zero attached hydrogens (tertiary/aromatic N) is 1. The van der Waals surface area contributed by atoms with Gasteiger partial charge < -0.3 is 5.32 Å². The molecule has 0 saturated carbocycles. The van der Waals surface area contributed by atoms with Gasteiger partial charge in [-0.15, -0.1) is 0 Å². The lowest BCUT2D eigenvalue weighted by molar-refractivity contribution is -0.120. The molecule has 4 rings (SSSR count). The Labute approximate surface area is 177 Å². The Balaban J connectivity index is 1.55. The van der Waals surface area contributed by atoms with Gasteiger partial charge in [0.25, 0.3) is 0 Å². The van der Waals surface area contributed by atoms with E-state index in [1.54, 1.807) is 13.0 Å². The van der Waals surface area contributed by atoms with Gasteiger partial charge in [-0.2, -0.15) is 4.31 Å². The first-order valence-corrected chi connectivity index (χ1v) is 11.7. The minimum absolute atomic E-state index is 0.132. The van der Waals surface area contributed by atoms with Crippen molar-refractivity contribution in [1.29, 1.82) is 0 Å². The smallest absolute Gasteiger partial charge is 0.243 e. The number of anilines is 1. The minimum Gasteiger partial charge on any atom is -0.325 e. The fourth-order valence-corrected chi connectivity index (χ4v) is 5.90. The fraction of sp³-hybridized carbons (Fsp3) is 0.292. The molecule has 0 spiro atoms. The minimum atomic E-state index is -3.64. The predicted octanol–water partition coefficient (Wildman–Crippen LogP) is 4.50. The Bertz CT molecular complexity index is 1200. The molecule has 0 aromatic heterocycles. The summed E-state index contributed by atoms with van der Waals surface area (Å²) in [7, 11) is -3.64. The number of piperidine rings is 1. The summed E-state index contributed by atoms with van der Waals surface area (Å²) in [5.74, 6) is -0.509. The van der Waals surface area contributed by atoms with Crippen LogP contribution in [0.15, 0.2) is 65.6 Å². The van der Waals surface area contributed by atoms with Gasteiger partial charge in [0.2, 0.25) is 15.9 Å². The fourth-order valence-electron chi connectivity index (χ4n) is 4.07. The van der Waals surface area contributed by atoms with E-state index in [1.807, 2.05) is 61.5 Å². The number of nitrogens with one attached hydrogen (secondary N) is 1. The normalized spacial score (nSPS) is 17.7. The topological polar surface area (TPSA) is 66.5 Å². The van der Waals surface area contributed by atoms with Crippen LogP contribution in [0.5, 0.6) is 0 Å². The molecule has 0 bridgehead atoms. The zero-order valence-electron chi connectivity index (χ0n) is 17.3. The summed E-state index contributed by atoms with van der Waals surface area (Å²) in [6, 6.07) is 19.1. The van der Waals surface area contributed by atoms with Gasteiger partial charge in [-0.25, -0.2) is 8.42 Å². The second-order valence-corrected chi connectivity index (χ2v) is 9.89. The van der Waals surface area contributed by atoms with Crippen LogP contribution in [0.25, 0.3) is 10.8 Å². The zero-order chi connectivity index (χ0) is 21.3. The second-order valence-electron chi connectivity index (χ2n) is 7.99. The van der Waals surface area contributed by atoms with Crippen LogP contribution >= 0.6 is 0 Å². The Hall–Kier alpha value is -2.70. The summed E-state index contributed by atoms with van der Waals surface area (Å²) >= 11 is 0. The number of aryl methyl sites for hydroxylation is 2. The van der Waals surface area contributed by atoms with E-state index >= 15 is 0 Å². The van der Waals surface area contributed by atoms with E-state index < -0.39 is 10.0 Å². The molecule has 1 heterocycles. The number of fused-ring (bicyclic) bond motifs is 1. The van der Waals surface area contributed by atoms with Crippen molar-refractivity contribution in [1.82, 2.24) is 4.31 Å². The van der Waals surface area contributed by atoms with Gasteiger partial charge in [0.05, 0.1) is 10.8 Å². The van der Waals surface area contributed by atoms with Crippen LogP contribution in [-0.4, -0.2) is 31.7 Å². The average molecular weight is 423 g/mol. The highest BCUT2D eigenvalue weighted by atomic mass is 32.2. The average Bonchev–Trinajstić information content (AvgIpc) is 2.75. The lowest BCUT2D eigenvalue weighted by atomic mass is 9.98. The SMILES string of the molecule is Cc1ccc(C)c(S(=O)(=O)N2CCC[C@@H](C(=O)Nc3cccc4ccccc34)C2)c1. The highest BCUT2D eigenvalue weighted by Crippen LogP contribution is 2.28. The number of rotatable bonds is 4. The summed E-state index contributed by atoms with van der Waals surface area (Å²) in [6.07, 6.45) is 1.34. The summed E-state index contributed by atoms with van der Waals surface area (Å²) in [5.41, 5.74) is 2.39. The highest BCUT2D eigenvalue weighted by molar-refractivity contribution is 7.89. The third-order valence-corrected chi connectivity index (χ3v) is 7.77. The van der Waals surface area contributed by atoms with Crippen LogP contribution in [0.2, 0.25) is 0 Å². The zero-order valence-corrected chi connectivity index (χ0v) is 18.1. The molecule has 5 nitrogen and oxygen atoms in total. The van der Waals surface area contributed by atoms with Crippen molar-refractivity contribution in [2.75, 3.05) is 18.4 Å². The number of hydrogen-bond donors (Lipinski definition) is 1. The van der Waals surface area contributed by atoms with Gasteiger partial charge in [-0.3, -0.25) is 4.79 Å². The number of sulfonamides is 1. The van der Waals surface area contributed by atoms with Crippen LogP contribution in [0.3, 0.4) is 0 Å². The van der Waals surface area contributed by atoms with Gasteiger partial charge in [0.15, 0.2) is 0 Å². The third-order valence-electron chi connectivity index (χ3n) is 5.76. The number of carbonyl (C=O) groups is 1. The van der Waals surface area contributed by atoms with Crippen LogP contribution < -0.4 is 5.32 Å². The van der Waals surface area contributed by atoms with Gasteiger partial charge in [0.1, 0.15) is 0 Å². The molecular formula is C24H26N2O3S. The van der Waals surface area contributed by atoms with Crippen LogP contribution in [0, 0.1) is 19.8 Å². The van der Waals surface area contributed by atoms with E-state index in [9.17, 15) is 13.2 Å². The molecule has 156 valence electrons. The maximum absolute atomic E-state index is 13.3. The van der Waals surface area contributed by atoms with Crippen LogP contribution in [0.1, 0.15) is 24.0 Å². The Morgan fingerprint density at radius 2 is 1.80 bits per heavy atom. The molecule has 1 aliphatic rings. The van der Waals surface area contributed by atoms with Gasteiger partial charge in [-0.05, 0) is 55.3 Å². The van der Waals surface area contributed by atoms with Crippen LogP contribution in [-0.2, 0) is 14.8 Å². The van der Waals surface area contributed by atoms with E-state index in [4.69, 9.17) is 0 Å². The number of carbonyl (C=O) groups excluding carboxylic acids is 1. The van der Waals surface area contributed by atoms with Crippen molar-refractivity contribution in [3.05, 3.63) is 71.8 Å². The Morgan fingerprint density at radius 1 is 1.03 bits per heavy atom. The molecule has 3 aromatic carbocycles. The first-order chi connectivity index (χ1) is 14.4. The maximum Gasteiger partial charge on any atom is 0.243 e. The molecule has 0 aliphatic carbocycles. The van der Waals surface area contributed by atoms with E-state index in [-0.39, 0.29) is 18.4 Å². The molecule has 3 aromatic rings. The molecule has 1 amide bonds. The van der Waals surface area contributed by atoms with Crippen molar-refractivity contribution in [3.8, 4) is 0 Å². The second kappa shape index (κ2) is 8.20. The molecular weight excluding hydrogens is 396 g/mol. The lowest BCUT2D eigenvalue weighted by Gasteiger charge is -2.31. The van der Waals surface area contributed by atoms with Crippen molar-refractivity contribution < 1.29 is 13.2 Å². The van der Waals surface area contributed by atoms with Crippen molar-refractivity contribution in [3.63, 3.8) is 0 Å². The molecule has 1 fully saturated rings. The third kappa shape index (κ3) is 3.98. The standard InChI is InChI=1S/C24H26N2O3S/c1-17-12-13-18(2)23(15-17)30(28,29)26-14-6-9-20(16-26)24(27)25-22-11-5-8-19-7-3-4-10-21(19)22/h3-5,7-8,10-13,15,20H,6,9,14,16H2,1-2H3,(H,25,27)/t20-/m1/s1. The van der Waals surface area contributed by atoms with E-state index in [1.165, 1.54) is 4.31 Å². The summed E-state index contributed by atoms with van der Waals surface area (Å²) in [4.78, 5) is 13.3. The van der Waals surface area contributed by atoms with E-state index in [0.717, 1.165) is 27.6 Å². The molecule has 30 heavy (non-hydrogen) atoms. The molecule has 1 aliphatic heterocycles. The van der Waals surface area contributed by atoms with Gasteiger partial charge >= 0.3 is 0 Å². The van der Waals surface area contributed by atoms with Crippen molar-refractivity contribution >= 4 is 32.4 Å². The predicted molar refractivity (Wildman–Crippen MR) is 120 cm³/mol. The first kappa shape index (κ1) is 20.6. The Morgan fingerprint density at radius 3 is 2.63 bits per heavy atom. The van der Waals surface area contributed by atoms with Gasteiger partial charge in [0, 0.05) is 24.2 Å². The number of amides is 1. The quantitative estimate of drug-likeness (QED) is 0.673. The monoisotopic (exact) mass is 422 g/mol. The van der Waals surface area contributed by atoms with E-state index in [2.05, 4.69) is 5.32 Å². The first-order valence-electron chi connectivity index (χ1n) is 10.2. The highest BCUT2D eigenvalue weighted by Gasteiger charge is 2.34. The molecule has 1 atom stereocenters. The summed E-state index contributed by atoms with van der Waals surface area (Å²) in [5, 5.41) is 5.06. The molecule has 1 N–H and O–H groups in total. The summed E-state index contributed by atoms with van der Waals surface area (Å²) < 4.78 is 28.0. The molecule has 0 radical (unpaired) electrons. The molecule has 1 saturated heterocycles. The molecule has 0 unspecified atom stereocenters. The number of hydrogen-bond acceptors (Lipinski definition) is 3. The van der Waals surface area contributed by atoms with Gasteiger partial charge in [-0.1, -0.05) is 48.5 Å². The largest absolute Gasteiger partial charge is 0.325 e.